The first-order chi connectivity index (χ1) is 7.27. The van der Waals surface area contributed by atoms with Gasteiger partial charge in [-0.1, -0.05) is 12.1 Å². The largest absolute Gasteiger partial charge is 0.368 e. The van der Waals surface area contributed by atoms with Crippen LogP contribution in [0.1, 0.15) is 10.4 Å². The van der Waals surface area contributed by atoms with Crippen molar-refractivity contribution in [3.63, 3.8) is 0 Å². The highest BCUT2D eigenvalue weighted by molar-refractivity contribution is 7.99. The van der Waals surface area contributed by atoms with Gasteiger partial charge in [0, 0.05) is 17.1 Å². The van der Waals surface area contributed by atoms with Crippen molar-refractivity contribution in [2.24, 2.45) is 0 Å². The van der Waals surface area contributed by atoms with Crippen molar-refractivity contribution in [3.05, 3.63) is 35.6 Å². The molecule has 4 heteroatoms. The van der Waals surface area contributed by atoms with Gasteiger partial charge in [0.1, 0.15) is 11.9 Å². The molecular weight excluding hydrogens is 215 g/mol. The van der Waals surface area contributed by atoms with Crippen molar-refractivity contribution < 1.29 is 13.9 Å². The fraction of sp³-hybridized carbons (Fsp3) is 0.364. The minimum Gasteiger partial charge on any atom is -0.368 e. The highest BCUT2D eigenvalue weighted by atomic mass is 32.2. The first-order valence-corrected chi connectivity index (χ1v) is 5.92. The Balaban J connectivity index is 2.12. The van der Waals surface area contributed by atoms with E-state index in [0.717, 1.165) is 5.75 Å². The van der Waals surface area contributed by atoms with E-state index in [9.17, 15) is 9.18 Å². The van der Waals surface area contributed by atoms with E-state index >= 15 is 0 Å². The van der Waals surface area contributed by atoms with Gasteiger partial charge in [0.2, 0.25) is 0 Å². The van der Waals surface area contributed by atoms with Crippen molar-refractivity contribution in [2.45, 2.75) is 6.10 Å². The van der Waals surface area contributed by atoms with E-state index < -0.39 is 6.10 Å². The molecule has 0 radical (unpaired) electrons. The molecule has 0 saturated carbocycles. The lowest BCUT2D eigenvalue weighted by Crippen LogP contribution is -2.31. The molecule has 1 heterocycles. The zero-order chi connectivity index (χ0) is 10.7. The van der Waals surface area contributed by atoms with Crippen LogP contribution in [0.5, 0.6) is 0 Å². The molecule has 1 unspecified atom stereocenters. The summed E-state index contributed by atoms with van der Waals surface area (Å²) in [6.45, 7) is 0.594. The third-order valence-electron chi connectivity index (χ3n) is 2.22. The van der Waals surface area contributed by atoms with Gasteiger partial charge in [0.05, 0.1) is 6.61 Å². The van der Waals surface area contributed by atoms with Crippen LogP contribution in [0, 0.1) is 5.82 Å². The van der Waals surface area contributed by atoms with Gasteiger partial charge in [-0.15, -0.1) is 0 Å². The summed E-state index contributed by atoms with van der Waals surface area (Å²) in [6.07, 6.45) is -0.412. The molecule has 1 atom stereocenters. The highest BCUT2D eigenvalue weighted by Gasteiger charge is 2.23. The third kappa shape index (κ3) is 2.58. The zero-order valence-corrected chi connectivity index (χ0v) is 8.93. The molecule has 0 aromatic heterocycles. The third-order valence-corrected chi connectivity index (χ3v) is 3.21. The standard InChI is InChI=1S/C11H11FO2S/c12-9-3-1-2-8(6-9)11(13)10-7-15-5-4-14-10/h1-3,6,10H,4-5,7H2. The summed E-state index contributed by atoms with van der Waals surface area (Å²) in [5, 5.41) is 0. The van der Waals surface area contributed by atoms with E-state index in [4.69, 9.17) is 4.74 Å². The first-order valence-electron chi connectivity index (χ1n) is 4.76. The molecule has 2 nitrogen and oxygen atoms in total. The van der Waals surface area contributed by atoms with E-state index in [-0.39, 0.29) is 11.6 Å². The lowest BCUT2D eigenvalue weighted by Gasteiger charge is -2.20. The highest BCUT2D eigenvalue weighted by Crippen LogP contribution is 2.17. The Morgan fingerprint density at radius 3 is 3.07 bits per heavy atom. The van der Waals surface area contributed by atoms with Crippen molar-refractivity contribution in [1.82, 2.24) is 0 Å². The molecule has 1 saturated heterocycles. The van der Waals surface area contributed by atoms with E-state index in [0.29, 0.717) is 17.9 Å². The van der Waals surface area contributed by atoms with Crippen molar-refractivity contribution in [1.29, 1.82) is 0 Å². The molecular formula is C11H11FO2S. The van der Waals surface area contributed by atoms with Crippen molar-refractivity contribution in [3.8, 4) is 0 Å². The van der Waals surface area contributed by atoms with E-state index in [1.54, 1.807) is 23.9 Å². The summed E-state index contributed by atoms with van der Waals surface area (Å²) in [7, 11) is 0. The molecule has 1 aromatic rings. The smallest absolute Gasteiger partial charge is 0.192 e. The van der Waals surface area contributed by atoms with Gasteiger partial charge in [0.25, 0.3) is 0 Å². The fourth-order valence-corrected chi connectivity index (χ4v) is 2.31. The molecule has 0 N–H and O–H groups in total. The lowest BCUT2D eigenvalue weighted by atomic mass is 10.1. The molecule has 15 heavy (non-hydrogen) atoms. The second-order valence-corrected chi connectivity index (χ2v) is 4.46. The van der Waals surface area contributed by atoms with Crippen molar-refractivity contribution in [2.75, 3.05) is 18.1 Å². The summed E-state index contributed by atoms with van der Waals surface area (Å²) in [4.78, 5) is 11.8. The number of hydrogen-bond acceptors (Lipinski definition) is 3. The Morgan fingerprint density at radius 2 is 2.40 bits per heavy atom. The second-order valence-electron chi connectivity index (χ2n) is 3.31. The van der Waals surface area contributed by atoms with Crippen LogP contribution in [0.15, 0.2) is 24.3 Å². The summed E-state index contributed by atoms with van der Waals surface area (Å²) in [6, 6.07) is 5.74. The van der Waals surface area contributed by atoms with Crippen LogP contribution in [0.2, 0.25) is 0 Å². The number of thioether (sulfide) groups is 1. The number of carbonyl (C=O) groups excluding carboxylic acids is 1. The normalized spacial score (nSPS) is 21.3. The van der Waals surface area contributed by atoms with Crippen LogP contribution in [0.25, 0.3) is 0 Å². The molecule has 0 amide bonds. The summed E-state index contributed by atoms with van der Waals surface area (Å²) < 4.78 is 18.2. The predicted octanol–water partition coefficient (Wildman–Crippen LogP) is 2.14. The SMILES string of the molecule is O=C(c1cccc(F)c1)C1CSCCO1. The summed E-state index contributed by atoms with van der Waals surface area (Å²) in [5.41, 5.74) is 0.391. The summed E-state index contributed by atoms with van der Waals surface area (Å²) >= 11 is 1.69. The average Bonchev–Trinajstić information content (AvgIpc) is 2.29. The monoisotopic (exact) mass is 226 g/mol. The van der Waals surface area contributed by atoms with Crippen LogP contribution < -0.4 is 0 Å². The Labute approximate surface area is 91.8 Å². The minimum atomic E-state index is -0.412. The van der Waals surface area contributed by atoms with Crippen LogP contribution >= 0.6 is 11.8 Å². The molecule has 1 aromatic carbocycles. The summed E-state index contributed by atoms with van der Waals surface area (Å²) in [5.74, 6) is 1.08. The molecule has 1 aliphatic rings. The van der Waals surface area contributed by atoms with E-state index in [2.05, 4.69) is 0 Å². The van der Waals surface area contributed by atoms with Crippen LogP contribution in [-0.2, 0) is 4.74 Å². The van der Waals surface area contributed by atoms with E-state index in [1.807, 2.05) is 0 Å². The number of benzene rings is 1. The first kappa shape index (κ1) is 10.6. The molecule has 2 rings (SSSR count). The van der Waals surface area contributed by atoms with Gasteiger partial charge in [-0.3, -0.25) is 4.79 Å². The van der Waals surface area contributed by atoms with Gasteiger partial charge in [-0.2, -0.15) is 11.8 Å². The fourth-order valence-electron chi connectivity index (χ4n) is 1.47. The number of carbonyl (C=O) groups is 1. The van der Waals surface area contributed by atoms with Gasteiger partial charge < -0.3 is 4.74 Å². The van der Waals surface area contributed by atoms with E-state index in [1.165, 1.54) is 12.1 Å². The molecule has 0 bridgehead atoms. The predicted molar refractivity (Wildman–Crippen MR) is 57.8 cm³/mol. The zero-order valence-electron chi connectivity index (χ0n) is 8.11. The number of hydrogen-bond donors (Lipinski definition) is 0. The van der Waals surface area contributed by atoms with Gasteiger partial charge in [-0.05, 0) is 12.1 Å². The molecule has 0 spiro atoms. The van der Waals surface area contributed by atoms with Gasteiger partial charge >= 0.3 is 0 Å². The maximum atomic E-state index is 12.9. The minimum absolute atomic E-state index is 0.123. The lowest BCUT2D eigenvalue weighted by molar-refractivity contribution is 0.0518. The second kappa shape index (κ2) is 4.77. The van der Waals surface area contributed by atoms with Crippen molar-refractivity contribution >= 4 is 17.5 Å². The quantitative estimate of drug-likeness (QED) is 0.723. The number of Topliss-reactive ketones (excluding diaryl/α,β-unsaturated/α-hetero) is 1. The van der Waals surface area contributed by atoms with Gasteiger partial charge in [0.15, 0.2) is 5.78 Å². The maximum absolute atomic E-state index is 12.9. The number of ketones is 1. The van der Waals surface area contributed by atoms with Crippen LogP contribution in [0.3, 0.4) is 0 Å². The molecule has 1 fully saturated rings. The molecule has 80 valence electrons. The van der Waals surface area contributed by atoms with Crippen LogP contribution in [-0.4, -0.2) is 30.0 Å². The molecule has 1 aliphatic heterocycles. The Morgan fingerprint density at radius 1 is 1.53 bits per heavy atom. The molecule has 0 aliphatic carbocycles. The Hall–Kier alpha value is -0.870. The Kier molecular flexibility index (Phi) is 3.38. The maximum Gasteiger partial charge on any atom is 0.192 e. The van der Waals surface area contributed by atoms with Crippen LogP contribution in [0.4, 0.5) is 4.39 Å². The number of ether oxygens (including phenoxy) is 1. The van der Waals surface area contributed by atoms with Gasteiger partial charge in [-0.25, -0.2) is 4.39 Å². The average molecular weight is 226 g/mol. The number of rotatable bonds is 2. The Bertz CT molecular complexity index is 361. The topological polar surface area (TPSA) is 26.3 Å². The number of halogens is 1.